The van der Waals surface area contributed by atoms with E-state index < -0.39 is 0 Å². The molecule has 0 radical (unpaired) electrons. The molecular weight excluding hydrogens is 484 g/mol. The fourth-order valence-corrected chi connectivity index (χ4v) is 5.00. The highest BCUT2D eigenvalue weighted by Gasteiger charge is 2.25. The Bertz CT molecular complexity index is 1380. The lowest BCUT2D eigenvalue weighted by molar-refractivity contribution is 0.260. The van der Waals surface area contributed by atoms with Crippen LogP contribution >= 0.6 is 11.9 Å². The third kappa shape index (κ3) is 5.69. The predicted molar refractivity (Wildman–Crippen MR) is 151 cm³/mol. The van der Waals surface area contributed by atoms with E-state index in [1.165, 1.54) is 30.4 Å². The highest BCUT2D eigenvalue weighted by atomic mass is 32.2. The Labute approximate surface area is 221 Å². The summed E-state index contributed by atoms with van der Waals surface area (Å²) in [5.41, 5.74) is 4.58. The summed E-state index contributed by atoms with van der Waals surface area (Å²) in [4.78, 5) is 18.2. The second-order valence-electron chi connectivity index (χ2n) is 9.12. The van der Waals surface area contributed by atoms with E-state index in [4.69, 9.17) is 14.5 Å². The number of nitrogens with one attached hydrogen (secondary N) is 1. The van der Waals surface area contributed by atoms with Gasteiger partial charge in [-0.15, -0.1) is 0 Å². The summed E-state index contributed by atoms with van der Waals surface area (Å²) >= 11 is 1.35. The molecule has 0 spiro atoms. The van der Waals surface area contributed by atoms with Gasteiger partial charge in [-0.05, 0) is 85.7 Å². The number of fused-ring (bicyclic) bond motifs is 1. The summed E-state index contributed by atoms with van der Waals surface area (Å²) in [6.45, 7) is 3.62. The molecule has 1 aliphatic carbocycles. The van der Waals surface area contributed by atoms with Crippen molar-refractivity contribution >= 4 is 40.4 Å². The van der Waals surface area contributed by atoms with Crippen LogP contribution in [-0.2, 0) is 13.0 Å². The standard InChI is InChI=1S/C29H32N4O3S/c1-4-36-23-14-11-20(12-15-23)17-28-30-25-18-22(13-16-26(25)32(28)19-21-9-10-21)33(37-3)29(34)31-24-7-5-6-8-27(24)35-2/h5-8,11-16,18,21H,4,9-10,17,19H2,1-3H3,(H,31,34). The fraction of sp³-hybridized carbons (Fsp3) is 0.310. The van der Waals surface area contributed by atoms with E-state index in [1.807, 2.05) is 61.7 Å². The van der Waals surface area contributed by atoms with Crippen molar-refractivity contribution in [3.8, 4) is 11.5 Å². The molecule has 1 saturated carbocycles. The molecular formula is C29H32N4O3S. The Hall–Kier alpha value is -3.65. The van der Waals surface area contributed by atoms with Crippen molar-refractivity contribution in [3.63, 3.8) is 0 Å². The molecule has 1 aliphatic rings. The van der Waals surface area contributed by atoms with Crippen molar-refractivity contribution in [3.05, 3.63) is 78.1 Å². The lowest BCUT2D eigenvalue weighted by atomic mass is 10.1. The van der Waals surface area contributed by atoms with E-state index >= 15 is 0 Å². The van der Waals surface area contributed by atoms with Gasteiger partial charge in [0.05, 0.1) is 36.1 Å². The molecule has 1 aromatic heterocycles. The smallest absolute Gasteiger partial charge is 0.336 e. The van der Waals surface area contributed by atoms with Gasteiger partial charge >= 0.3 is 6.03 Å². The normalized spacial score (nSPS) is 12.9. The van der Waals surface area contributed by atoms with Gasteiger partial charge in [-0.3, -0.25) is 0 Å². The van der Waals surface area contributed by atoms with Gasteiger partial charge in [-0.2, -0.15) is 0 Å². The number of ether oxygens (including phenoxy) is 2. The van der Waals surface area contributed by atoms with E-state index in [-0.39, 0.29) is 6.03 Å². The number of rotatable bonds is 10. The molecule has 37 heavy (non-hydrogen) atoms. The minimum atomic E-state index is -0.247. The van der Waals surface area contributed by atoms with E-state index in [0.717, 1.165) is 41.3 Å². The third-order valence-electron chi connectivity index (χ3n) is 6.50. The van der Waals surface area contributed by atoms with Gasteiger partial charge < -0.3 is 19.4 Å². The van der Waals surface area contributed by atoms with Gasteiger partial charge in [0.15, 0.2) is 0 Å². The summed E-state index contributed by atoms with van der Waals surface area (Å²) in [7, 11) is 1.59. The number of imidazole rings is 1. The van der Waals surface area contributed by atoms with Crippen molar-refractivity contribution in [1.29, 1.82) is 0 Å². The zero-order chi connectivity index (χ0) is 25.8. The SMILES string of the molecule is CCOc1ccc(Cc2nc3cc(N(SC)C(=O)Nc4ccccc4OC)ccc3n2CC2CC2)cc1. The summed E-state index contributed by atoms with van der Waals surface area (Å²) in [6.07, 6.45) is 5.16. The summed E-state index contributed by atoms with van der Waals surface area (Å²) in [5.74, 6) is 3.25. The van der Waals surface area contributed by atoms with Crippen LogP contribution in [0.25, 0.3) is 11.0 Å². The fourth-order valence-electron chi connectivity index (χ4n) is 4.46. The molecule has 0 saturated heterocycles. The maximum Gasteiger partial charge on any atom is 0.336 e. The number of hydrogen-bond donors (Lipinski definition) is 1. The molecule has 2 amide bonds. The molecule has 8 heteroatoms. The Morgan fingerprint density at radius 2 is 1.92 bits per heavy atom. The number of benzene rings is 3. The maximum atomic E-state index is 13.2. The predicted octanol–water partition coefficient (Wildman–Crippen LogP) is 6.76. The van der Waals surface area contributed by atoms with Crippen LogP contribution in [0.5, 0.6) is 11.5 Å². The number of methoxy groups -OCH3 is 1. The molecule has 0 atom stereocenters. The molecule has 0 unspecified atom stereocenters. The van der Waals surface area contributed by atoms with E-state index in [2.05, 4.69) is 28.1 Å². The first-order valence-corrected chi connectivity index (χ1v) is 13.8. The second kappa shape index (κ2) is 11.2. The van der Waals surface area contributed by atoms with Gasteiger partial charge in [0.25, 0.3) is 0 Å². The molecule has 1 fully saturated rings. The van der Waals surface area contributed by atoms with Crippen LogP contribution in [0.2, 0.25) is 0 Å². The van der Waals surface area contributed by atoms with Gasteiger partial charge in [-0.1, -0.05) is 24.3 Å². The number of nitrogens with zero attached hydrogens (tertiary/aromatic N) is 3. The van der Waals surface area contributed by atoms with Gasteiger partial charge in [0, 0.05) is 19.2 Å². The number of hydrogen-bond acceptors (Lipinski definition) is 5. The zero-order valence-electron chi connectivity index (χ0n) is 21.4. The lowest BCUT2D eigenvalue weighted by Gasteiger charge is -2.21. The maximum absolute atomic E-state index is 13.2. The number of para-hydroxylation sites is 2. The molecule has 0 aliphatic heterocycles. The molecule has 4 aromatic rings. The third-order valence-corrected chi connectivity index (χ3v) is 7.24. The van der Waals surface area contributed by atoms with Crippen LogP contribution < -0.4 is 19.1 Å². The monoisotopic (exact) mass is 516 g/mol. The number of urea groups is 1. The molecule has 3 aromatic carbocycles. The van der Waals surface area contributed by atoms with Crippen molar-refractivity contribution in [2.24, 2.45) is 5.92 Å². The summed E-state index contributed by atoms with van der Waals surface area (Å²) in [5, 5.41) is 2.96. The Morgan fingerprint density at radius 3 is 2.62 bits per heavy atom. The van der Waals surface area contributed by atoms with Crippen molar-refractivity contribution < 1.29 is 14.3 Å². The van der Waals surface area contributed by atoms with Crippen LogP contribution in [0.1, 0.15) is 31.2 Å². The lowest BCUT2D eigenvalue weighted by Crippen LogP contribution is -2.28. The van der Waals surface area contributed by atoms with E-state index in [0.29, 0.717) is 24.0 Å². The molecule has 7 nitrogen and oxygen atoms in total. The number of aromatic nitrogens is 2. The average molecular weight is 517 g/mol. The van der Waals surface area contributed by atoms with Crippen LogP contribution in [0, 0.1) is 5.92 Å². The highest BCUT2D eigenvalue weighted by molar-refractivity contribution is 8.00. The zero-order valence-corrected chi connectivity index (χ0v) is 22.3. The Morgan fingerprint density at radius 1 is 1.14 bits per heavy atom. The van der Waals surface area contributed by atoms with Crippen molar-refractivity contribution in [2.45, 2.75) is 32.7 Å². The van der Waals surface area contributed by atoms with Crippen molar-refractivity contribution in [2.75, 3.05) is 29.6 Å². The van der Waals surface area contributed by atoms with Crippen LogP contribution in [0.4, 0.5) is 16.2 Å². The topological polar surface area (TPSA) is 68.6 Å². The largest absolute Gasteiger partial charge is 0.495 e. The number of anilines is 2. The number of carbonyl (C=O) groups is 1. The number of carbonyl (C=O) groups excluding carboxylic acids is 1. The van der Waals surface area contributed by atoms with Crippen molar-refractivity contribution in [1.82, 2.24) is 9.55 Å². The van der Waals surface area contributed by atoms with Gasteiger partial charge in [0.1, 0.15) is 17.3 Å². The minimum absolute atomic E-state index is 0.247. The molecule has 1 N–H and O–H groups in total. The van der Waals surface area contributed by atoms with Crippen LogP contribution in [-0.4, -0.2) is 35.6 Å². The summed E-state index contributed by atoms with van der Waals surface area (Å²) in [6, 6.07) is 21.5. The second-order valence-corrected chi connectivity index (χ2v) is 9.85. The molecule has 1 heterocycles. The molecule has 0 bridgehead atoms. The number of amides is 2. The average Bonchev–Trinajstić information content (AvgIpc) is 3.67. The quantitative estimate of drug-likeness (QED) is 0.236. The minimum Gasteiger partial charge on any atom is -0.495 e. The van der Waals surface area contributed by atoms with Gasteiger partial charge in [-0.25, -0.2) is 14.1 Å². The Kier molecular flexibility index (Phi) is 7.55. The van der Waals surface area contributed by atoms with E-state index in [9.17, 15) is 4.79 Å². The summed E-state index contributed by atoms with van der Waals surface area (Å²) < 4.78 is 15.0. The van der Waals surface area contributed by atoms with E-state index in [1.54, 1.807) is 11.4 Å². The first-order valence-electron chi connectivity index (χ1n) is 12.6. The van der Waals surface area contributed by atoms with Crippen LogP contribution in [0.3, 0.4) is 0 Å². The first-order chi connectivity index (χ1) is 18.1. The Balaban J connectivity index is 1.42. The highest BCUT2D eigenvalue weighted by Crippen LogP contribution is 2.34. The molecule has 5 rings (SSSR count). The first kappa shape index (κ1) is 25.0. The molecule has 192 valence electrons. The van der Waals surface area contributed by atoms with Gasteiger partial charge in [0.2, 0.25) is 0 Å². The van der Waals surface area contributed by atoms with Crippen LogP contribution in [0.15, 0.2) is 66.7 Å².